The number of hydrogen-bond donors (Lipinski definition) is 3. The van der Waals surface area contributed by atoms with Gasteiger partial charge in [0.2, 0.25) is 0 Å². The van der Waals surface area contributed by atoms with Crippen molar-refractivity contribution in [3.63, 3.8) is 0 Å². The first-order valence-corrected chi connectivity index (χ1v) is 9.74. The minimum absolute atomic E-state index is 0.0226. The van der Waals surface area contributed by atoms with Gasteiger partial charge in [-0.3, -0.25) is 4.79 Å². The topological polar surface area (TPSA) is 38.0 Å². The second kappa shape index (κ2) is 9.17. The molecule has 2 aromatic carbocycles. The average molecular weight is 374 g/mol. The van der Waals surface area contributed by atoms with Crippen LogP contribution in [-0.4, -0.2) is 38.6 Å². The largest absolute Gasteiger partial charge is 0.345 e. The predicted molar refractivity (Wildman–Crippen MR) is 104 cm³/mol. The summed E-state index contributed by atoms with van der Waals surface area (Å²) in [5.41, 5.74) is 2.43. The Hall–Kier alpha value is -1.88. The Kier molecular flexibility index (Phi) is 6.67. The summed E-state index contributed by atoms with van der Waals surface area (Å²) in [4.78, 5) is 15.4. The Bertz CT molecular complexity index is 714. The number of quaternary nitrogens is 2. The van der Waals surface area contributed by atoms with Gasteiger partial charge in [0.1, 0.15) is 32.7 Å². The van der Waals surface area contributed by atoms with Gasteiger partial charge in [0, 0.05) is 10.6 Å². The first-order valence-electron chi connectivity index (χ1n) is 9.36. The molecule has 0 spiro atoms. The van der Waals surface area contributed by atoms with E-state index in [1.807, 2.05) is 31.2 Å². The molecule has 0 radical (unpaired) electrons. The summed E-state index contributed by atoms with van der Waals surface area (Å²) in [6.45, 7) is 7.93. The summed E-state index contributed by atoms with van der Waals surface area (Å²) < 4.78 is 0. The maximum Gasteiger partial charge on any atom is 0.275 e. The van der Waals surface area contributed by atoms with Crippen LogP contribution in [0.15, 0.2) is 54.6 Å². The second-order valence-corrected chi connectivity index (χ2v) is 7.62. The van der Waals surface area contributed by atoms with E-state index in [1.165, 1.54) is 10.5 Å². The van der Waals surface area contributed by atoms with Crippen LogP contribution in [0, 0.1) is 0 Å². The number of amides is 1. The normalized spacial score (nSPS) is 21.2. The van der Waals surface area contributed by atoms with E-state index in [-0.39, 0.29) is 11.9 Å². The third-order valence-electron chi connectivity index (χ3n) is 5.10. The Morgan fingerprint density at radius 2 is 1.73 bits per heavy atom. The summed E-state index contributed by atoms with van der Waals surface area (Å²) in [7, 11) is 0. The van der Waals surface area contributed by atoms with E-state index < -0.39 is 0 Å². The molecule has 1 saturated heterocycles. The lowest BCUT2D eigenvalue weighted by atomic mass is 10.1. The first kappa shape index (κ1) is 18.9. The molecule has 138 valence electrons. The van der Waals surface area contributed by atoms with E-state index in [1.54, 1.807) is 4.90 Å². The maximum absolute atomic E-state index is 12.4. The number of halogens is 1. The van der Waals surface area contributed by atoms with Crippen molar-refractivity contribution in [1.29, 1.82) is 0 Å². The molecule has 3 N–H and O–H groups in total. The van der Waals surface area contributed by atoms with Crippen molar-refractivity contribution in [1.82, 2.24) is 5.32 Å². The molecule has 1 aliphatic heterocycles. The number of carbonyl (C=O) groups is 1. The van der Waals surface area contributed by atoms with Crippen molar-refractivity contribution in [2.24, 2.45) is 0 Å². The van der Waals surface area contributed by atoms with Crippen LogP contribution in [-0.2, 0) is 11.3 Å². The summed E-state index contributed by atoms with van der Waals surface area (Å²) in [5, 5.41) is 3.80. The molecule has 1 aliphatic rings. The first-order chi connectivity index (χ1) is 12.6. The molecule has 0 unspecified atom stereocenters. The fraction of sp³-hybridized carbons (Fsp3) is 0.381. The monoisotopic (exact) mass is 373 g/mol. The molecule has 1 atom stereocenters. The second-order valence-electron chi connectivity index (χ2n) is 7.18. The van der Waals surface area contributed by atoms with Crippen LogP contribution < -0.4 is 15.1 Å². The van der Waals surface area contributed by atoms with Gasteiger partial charge in [0.05, 0.1) is 6.04 Å². The van der Waals surface area contributed by atoms with Gasteiger partial charge in [-0.05, 0) is 24.6 Å². The van der Waals surface area contributed by atoms with Gasteiger partial charge >= 0.3 is 0 Å². The van der Waals surface area contributed by atoms with Gasteiger partial charge in [-0.2, -0.15) is 0 Å². The van der Waals surface area contributed by atoms with E-state index in [4.69, 9.17) is 11.6 Å². The molecule has 1 heterocycles. The summed E-state index contributed by atoms with van der Waals surface area (Å²) in [5.74, 6) is 0.110. The standard InChI is InChI=1S/C21H26ClN3O/c1-17(19-8-5-9-20(22)14-19)23-21(26)16-25-12-10-24(11-13-25)15-18-6-3-2-4-7-18/h2-9,14,17H,10-13,15-16H2,1H3,(H,23,26)/p+2/t17-/m1/s1. The lowest BCUT2D eigenvalue weighted by molar-refractivity contribution is -1.02. The molecular weight excluding hydrogens is 346 g/mol. The van der Waals surface area contributed by atoms with Gasteiger partial charge in [-0.25, -0.2) is 0 Å². The van der Waals surface area contributed by atoms with Crippen LogP contribution in [0.4, 0.5) is 0 Å². The molecule has 1 amide bonds. The molecular formula is C21H28ClN3O+2. The quantitative estimate of drug-likeness (QED) is 0.678. The van der Waals surface area contributed by atoms with Crippen molar-refractivity contribution < 1.29 is 14.6 Å². The third kappa shape index (κ3) is 5.56. The summed E-state index contributed by atoms with van der Waals surface area (Å²) in [6.07, 6.45) is 0. The van der Waals surface area contributed by atoms with Gasteiger partial charge in [0.15, 0.2) is 6.54 Å². The SMILES string of the molecule is C[C@@H](NC(=O)C[NH+]1CC[NH+](Cc2ccccc2)CC1)c1cccc(Cl)c1. The fourth-order valence-electron chi connectivity index (χ4n) is 3.57. The number of benzene rings is 2. The zero-order chi connectivity index (χ0) is 18.4. The van der Waals surface area contributed by atoms with Gasteiger partial charge in [-0.15, -0.1) is 0 Å². The third-order valence-corrected chi connectivity index (χ3v) is 5.33. The van der Waals surface area contributed by atoms with Crippen molar-refractivity contribution in [3.8, 4) is 0 Å². The number of piperazine rings is 1. The summed E-state index contributed by atoms with van der Waals surface area (Å²) in [6, 6.07) is 18.3. The van der Waals surface area contributed by atoms with Crippen LogP contribution >= 0.6 is 11.6 Å². The zero-order valence-electron chi connectivity index (χ0n) is 15.3. The molecule has 0 aliphatic carbocycles. The van der Waals surface area contributed by atoms with Crippen LogP contribution in [0.3, 0.4) is 0 Å². The highest BCUT2D eigenvalue weighted by atomic mass is 35.5. The van der Waals surface area contributed by atoms with E-state index in [9.17, 15) is 4.79 Å². The lowest BCUT2D eigenvalue weighted by Crippen LogP contribution is -3.28. The lowest BCUT2D eigenvalue weighted by Gasteiger charge is -2.29. The van der Waals surface area contributed by atoms with Crippen molar-refractivity contribution >= 4 is 17.5 Å². The van der Waals surface area contributed by atoms with Gasteiger partial charge in [0.25, 0.3) is 5.91 Å². The van der Waals surface area contributed by atoms with Crippen molar-refractivity contribution in [2.45, 2.75) is 19.5 Å². The summed E-state index contributed by atoms with van der Waals surface area (Å²) >= 11 is 6.03. The van der Waals surface area contributed by atoms with Crippen molar-refractivity contribution in [2.75, 3.05) is 32.7 Å². The Morgan fingerprint density at radius 1 is 1.04 bits per heavy atom. The highest BCUT2D eigenvalue weighted by Gasteiger charge is 2.25. The number of rotatable bonds is 6. The molecule has 0 aromatic heterocycles. The average Bonchev–Trinajstić information content (AvgIpc) is 2.64. The molecule has 1 fully saturated rings. The zero-order valence-corrected chi connectivity index (χ0v) is 16.1. The van der Waals surface area contributed by atoms with Crippen LogP contribution in [0.25, 0.3) is 0 Å². The predicted octanol–water partition coefficient (Wildman–Crippen LogP) is 0.501. The minimum Gasteiger partial charge on any atom is -0.345 e. The maximum atomic E-state index is 12.4. The molecule has 3 rings (SSSR count). The van der Waals surface area contributed by atoms with Crippen LogP contribution in [0.1, 0.15) is 24.1 Å². The molecule has 5 heteroatoms. The smallest absolute Gasteiger partial charge is 0.275 e. The number of hydrogen-bond acceptors (Lipinski definition) is 1. The Balaban J connectivity index is 1.42. The molecule has 26 heavy (non-hydrogen) atoms. The fourth-order valence-corrected chi connectivity index (χ4v) is 3.77. The highest BCUT2D eigenvalue weighted by Crippen LogP contribution is 2.16. The Morgan fingerprint density at radius 3 is 2.42 bits per heavy atom. The van der Waals surface area contributed by atoms with E-state index in [0.29, 0.717) is 11.6 Å². The molecule has 0 saturated carbocycles. The number of nitrogens with one attached hydrogen (secondary N) is 3. The molecule has 0 bridgehead atoms. The highest BCUT2D eigenvalue weighted by molar-refractivity contribution is 6.30. The van der Waals surface area contributed by atoms with E-state index >= 15 is 0 Å². The van der Waals surface area contributed by atoms with Crippen LogP contribution in [0.5, 0.6) is 0 Å². The molecule has 4 nitrogen and oxygen atoms in total. The number of carbonyl (C=O) groups excluding carboxylic acids is 1. The van der Waals surface area contributed by atoms with E-state index in [2.05, 4.69) is 35.6 Å². The Labute approximate surface area is 160 Å². The van der Waals surface area contributed by atoms with Gasteiger partial charge in [-0.1, -0.05) is 54.1 Å². The van der Waals surface area contributed by atoms with Crippen molar-refractivity contribution in [3.05, 3.63) is 70.7 Å². The molecule has 2 aromatic rings. The van der Waals surface area contributed by atoms with Crippen LogP contribution in [0.2, 0.25) is 5.02 Å². The van der Waals surface area contributed by atoms with Gasteiger partial charge < -0.3 is 15.1 Å². The minimum atomic E-state index is -0.0226. The van der Waals surface area contributed by atoms with E-state index in [0.717, 1.165) is 38.3 Å².